The number of rotatable bonds is 9. The summed E-state index contributed by atoms with van der Waals surface area (Å²) >= 11 is 0. The third kappa shape index (κ3) is 5.40. The lowest BCUT2D eigenvalue weighted by atomic mass is 9.90. The molecule has 150 valence electrons. The van der Waals surface area contributed by atoms with E-state index in [-0.39, 0.29) is 23.9 Å². The number of aromatic amines is 1. The minimum absolute atomic E-state index is 0.000879. The number of quaternary nitrogens is 1. The Kier molecular flexibility index (Phi) is 7.30. The Morgan fingerprint density at radius 3 is 2.75 bits per heavy atom. The first-order valence-electron chi connectivity index (χ1n) is 9.82. The number of nitrogens with one attached hydrogen (secondary N) is 3. The van der Waals surface area contributed by atoms with Crippen molar-refractivity contribution in [3.8, 4) is 6.07 Å². The van der Waals surface area contributed by atoms with Crippen molar-refractivity contribution in [2.24, 2.45) is 5.92 Å². The van der Waals surface area contributed by atoms with Gasteiger partial charge in [0.1, 0.15) is 12.1 Å². The summed E-state index contributed by atoms with van der Waals surface area (Å²) in [5, 5.41) is 12.8. The van der Waals surface area contributed by atoms with E-state index in [1.807, 2.05) is 32.0 Å². The number of hydrogen-bond donors (Lipinski definition) is 3. The molecule has 2 rings (SSSR count). The number of carbonyl (C=O) groups is 1. The maximum Gasteiger partial charge on any atom is 0.276 e. The topological polar surface area (TPSA) is 103 Å². The molecule has 1 aromatic carbocycles. The van der Waals surface area contributed by atoms with Gasteiger partial charge in [0.25, 0.3) is 11.5 Å². The molecule has 0 saturated heterocycles. The fourth-order valence-electron chi connectivity index (χ4n) is 2.98. The molecule has 28 heavy (non-hydrogen) atoms. The zero-order chi connectivity index (χ0) is 20.7. The summed E-state index contributed by atoms with van der Waals surface area (Å²) in [6, 6.07) is 9.42. The van der Waals surface area contributed by atoms with Crippen LogP contribution in [0, 0.1) is 17.2 Å². The van der Waals surface area contributed by atoms with E-state index in [1.165, 1.54) is 0 Å². The van der Waals surface area contributed by atoms with Gasteiger partial charge in [0, 0.05) is 0 Å². The summed E-state index contributed by atoms with van der Waals surface area (Å²) < 4.78 is 0. The number of benzene rings is 1. The largest absolute Gasteiger partial charge is 0.333 e. The number of aromatic nitrogens is 2. The van der Waals surface area contributed by atoms with Crippen molar-refractivity contribution >= 4 is 16.8 Å². The van der Waals surface area contributed by atoms with Crippen molar-refractivity contribution < 1.29 is 9.69 Å². The second kappa shape index (κ2) is 9.47. The summed E-state index contributed by atoms with van der Waals surface area (Å²) in [4.78, 5) is 33.3. The van der Waals surface area contributed by atoms with Crippen LogP contribution in [0.5, 0.6) is 0 Å². The van der Waals surface area contributed by atoms with Gasteiger partial charge in [-0.25, -0.2) is 4.98 Å². The molecule has 0 fully saturated rings. The summed E-state index contributed by atoms with van der Waals surface area (Å²) in [5.74, 6) is 0.389. The van der Waals surface area contributed by atoms with Crippen LogP contribution in [0.4, 0.5) is 0 Å². The summed E-state index contributed by atoms with van der Waals surface area (Å²) in [7, 11) is 0. The van der Waals surface area contributed by atoms with Crippen LogP contribution in [0.25, 0.3) is 10.9 Å². The van der Waals surface area contributed by atoms with Gasteiger partial charge in [-0.1, -0.05) is 39.3 Å². The number of unbranched alkanes of at least 4 members (excludes halogenated alkanes) is 1. The van der Waals surface area contributed by atoms with Crippen molar-refractivity contribution in [3.05, 3.63) is 40.4 Å². The maximum absolute atomic E-state index is 12.6. The highest BCUT2D eigenvalue weighted by atomic mass is 16.2. The van der Waals surface area contributed by atoms with Crippen LogP contribution >= 0.6 is 0 Å². The molecule has 0 aliphatic heterocycles. The smallest absolute Gasteiger partial charge is 0.276 e. The monoisotopic (exact) mass is 384 g/mol. The number of hydrogen-bond acceptors (Lipinski definition) is 4. The number of nitrogens with zero attached hydrogens (tertiary/aromatic N) is 2. The normalized spacial score (nSPS) is 14.4. The average molecular weight is 385 g/mol. The third-order valence-corrected chi connectivity index (χ3v) is 5.16. The third-order valence-electron chi connectivity index (χ3n) is 5.16. The Bertz CT molecular complexity index is 915. The molecule has 2 atom stereocenters. The number of fused-ring (bicyclic) bond motifs is 1. The van der Waals surface area contributed by atoms with E-state index in [1.54, 1.807) is 13.0 Å². The van der Waals surface area contributed by atoms with Crippen LogP contribution in [-0.4, -0.2) is 34.5 Å². The second-order valence-corrected chi connectivity index (χ2v) is 7.75. The van der Waals surface area contributed by atoms with Crippen LogP contribution in [0.2, 0.25) is 0 Å². The quantitative estimate of drug-likeness (QED) is 0.604. The average Bonchev–Trinajstić information content (AvgIpc) is 2.65. The van der Waals surface area contributed by atoms with E-state index < -0.39 is 5.54 Å². The fraction of sp³-hybridized carbons (Fsp3) is 0.524. The molecule has 7 nitrogen and oxygen atoms in total. The van der Waals surface area contributed by atoms with Crippen molar-refractivity contribution in [2.45, 2.75) is 52.6 Å². The highest BCUT2D eigenvalue weighted by Gasteiger charge is 2.31. The van der Waals surface area contributed by atoms with E-state index in [4.69, 9.17) is 0 Å². The molecule has 1 unspecified atom stereocenters. The molecule has 0 spiro atoms. The predicted octanol–water partition coefficient (Wildman–Crippen LogP) is 1.16. The number of carbonyl (C=O) groups excluding carboxylic acids is 1. The number of para-hydroxylation sites is 1. The minimum atomic E-state index is -0.900. The Labute approximate surface area is 165 Å². The molecule has 2 aromatic rings. The van der Waals surface area contributed by atoms with Gasteiger partial charge in [-0.3, -0.25) is 9.59 Å². The highest BCUT2D eigenvalue weighted by molar-refractivity contribution is 5.78. The summed E-state index contributed by atoms with van der Waals surface area (Å²) in [6.45, 7) is 9.11. The van der Waals surface area contributed by atoms with E-state index in [0.29, 0.717) is 23.3 Å². The molecule has 7 heteroatoms. The lowest BCUT2D eigenvalue weighted by molar-refractivity contribution is -0.906. The van der Waals surface area contributed by atoms with E-state index in [0.717, 1.165) is 24.3 Å². The molecule has 1 aromatic heterocycles. The van der Waals surface area contributed by atoms with Crippen LogP contribution in [0.15, 0.2) is 29.1 Å². The van der Waals surface area contributed by atoms with E-state index in [2.05, 4.69) is 28.3 Å². The van der Waals surface area contributed by atoms with Gasteiger partial charge < -0.3 is 15.2 Å². The van der Waals surface area contributed by atoms with Gasteiger partial charge in [-0.2, -0.15) is 5.26 Å². The van der Waals surface area contributed by atoms with Crippen LogP contribution < -0.4 is 15.8 Å². The number of amides is 1. The van der Waals surface area contributed by atoms with Gasteiger partial charge in [0.2, 0.25) is 0 Å². The van der Waals surface area contributed by atoms with Crippen LogP contribution in [0.3, 0.4) is 0 Å². The SMILES string of the molecule is CCCC[NH+](CC(=O)N[C@@](C)(C#N)C(C)C)Cc1nc2ccccc2c(=O)[nH]1. The number of nitriles is 1. The first-order valence-corrected chi connectivity index (χ1v) is 9.82. The molecule has 1 heterocycles. The lowest BCUT2D eigenvalue weighted by Gasteiger charge is -2.28. The zero-order valence-corrected chi connectivity index (χ0v) is 17.1. The molecular weight excluding hydrogens is 354 g/mol. The van der Waals surface area contributed by atoms with Crippen molar-refractivity contribution in [1.29, 1.82) is 5.26 Å². The van der Waals surface area contributed by atoms with Gasteiger partial charge in [0.05, 0.1) is 23.5 Å². The van der Waals surface area contributed by atoms with Crippen molar-refractivity contribution in [2.75, 3.05) is 13.1 Å². The standard InChI is InChI=1S/C21H29N5O2/c1-5-6-11-26(13-19(27)25-21(4,14-22)15(2)3)12-18-23-17-10-8-7-9-16(17)20(28)24-18/h7-10,15H,5-6,11-13H2,1-4H3,(H,25,27)(H,23,24,28)/p+1/t21-/m0/s1. The highest BCUT2D eigenvalue weighted by Crippen LogP contribution is 2.14. The second-order valence-electron chi connectivity index (χ2n) is 7.75. The minimum Gasteiger partial charge on any atom is -0.333 e. The maximum atomic E-state index is 12.6. The zero-order valence-electron chi connectivity index (χ0n) is 17.1. The Morgan fingerprint density at radius 2 is 2.11 bits per heavy atom. The molecule has 3 N–H and O–H groups in total. The van der Waals surface area contributed by atoms with Crippen LogP contribution in [-0.2, 0) is 11.3 Å². The van der Waals surface area contributed by atoms with Gasteiger partial charge >= 0.3 is 0 Å². The Balaban J connectivity index is 2.17. The predicted molar refractivity (Wildman–Crippen MR) is 109 cm³/mol. The van der Waals surface area contributed by atoms with Crippen molar-refractivity contribution in [1.82, 2.24) is 15.3 Å². The molecule has 0 bridgehead atoms. The fourth-order valence-corrected chi connectivity index (χ4v) is 2.98. The van der Waals surface area contributed by atoms with Crippen LogP contribution in [0.1, 0.15) is 46.4 Å². The van der Waals surface area contributed by atoms with Gasteiger partial charge in [-0.05, 0) is 31.4 Å². The molecule has 0 aliphatic carbocycles. The molecule has 1 amide bonds. The molecule has 0 aliphatic rings. The Morgan fingerprint density at radius 1 is 1.39 bits per heavy atom. The summed E-state index contributed by atoms with van der Waals surface area (Å²) in [5.41, 5.74) is -0.420. The van der Waals surface area contributed by atoms with Gasteiger partial charge in [-0.15, -0.1) is 0 Å². The Hall–Kier alpha value is -2.72. The van der Waals surface area contributed by atoms with Gasteiger partial charge in [0.15, 0.2) is 12.4 Å². The molecular formula is C21H30N5O2+. The van der Waals surface area contributed by atoms with Crippen molar-refractivity contribution in [3.63, 3.8) is 0 Å². The first kappa shape index (κ1) is 21.6. The summed E-state index contributed by atoms with van der Waals surface area (Å²) in [6.07, 6.45) is 1.97. The van der Waals surface area contributed by atoms with E-state index in [9.17, 15) is 14.9 Å². The number of H-pyrrole nitrogens is 1. The molecule has 0 radical (unpaired) electrons. The lowest BCUT2D eigenvalue weighted by Crippen LogP contribution is -3.12. The first-order chi connectivity index (χ1) is 13.3. The molecule has 0 saturated carbocycles. The van der Waals surface area contributed by atoms with E-state index >= 15 is 0 Å².